The van der Waals surface area contributed by atoms with E-state index in [9.17, 15) is 8.42 Å². The van der Waals surface area contributed by atoms with Crippen molar-refractivity contribution in [3.8, 4) is 0 Å². The second kappa shape index (κ2) is 4.37. The average Bonchev–Trinajstić information content (AvgIpc) is 2.79. The molecule has 2 aromatic heterocycles. The number of imidazole rings is 1. The Kier molecular flexibility index (Phi) is 3.21. The van der Waals surface area contributed by atoms with Gasteiger partial charge in [-0.2, -0.15) is 17.4 Å². The average molecular weight is 274 g/mol. The molecule has 0 saturated carbocycles. The van der Waals surface area contributed by atoms with Crippen molar-refractivity contribution in [2.24, 2.45) is 0 Å². The number of hydrogen-bond acceptors (Lipinski definition) is 4. The van der Waals surface area contributed by atoms with E-state index in [0.717, 1.165) is 19.7 Å². The minimum atomic E-state index is -3.37. The van der Waals surface area contributed by atoms with Gasteiger partial charge in [0.15, 0.2) is 0 Å². The Hall–Kier alpha value is -0.960. The minimum Gasteiger partial charge on any atom is -0.294 e. The topological polar surface area (TPSA) is 66.7 Å². The van der Waals surface area contributed by atoms with Crippen LogP contribution in [0.4, 0.5) is 0 Å². The lowest BCUT2D eigenvalue weighted by Gasteiger charge is -2.11. The van der Waals surface area contributed by atoms with Crippen LogP contribution in [-0.2, 0) is 16.8 Å². The first-order chi connectivity index (χ1) is 7.92. The van der Waals surface area contributed by atoms with Gasteiger partial charge in [0.2, 0.25) is 0 Å². The molecule has 0 atom stereocenters. The zero-order chi connectivity index (χ0) is 12.6. The van der Waals surface area contributed by atoms with Gasteiger partial charge in [0, 0.05) is 31.2 Å². The molecule has 1 N–H and O–H groups in total. The second-order valence-electron chi connectivity index (χ2n) is 3.82. The van der Waals surface area contributed by atoms with E-state index in [1.165, 1.54) is 25.4 Å². The lowest BCUT2D eigenvalue weighted by atomic mass is 10.4. The Bertz CT molecular complexity index is 627. The van der Waals surface area contributed by atoms with Crippen molar-refractivity contribution in [2.75, 3.05) is 14.1 Å². The summed E-state index contributed by atoms with van der Waals surface area (Å²) in [7, 11) is -0.371. The van der Waals surface area contributed by atoms with Crippen molar-refractivity contribution < 1.29 is 8.42 Å². The third-order valence-corrected chi connectivity index (χ3v) is 5.16. The maximum absolute atomic E-state index is 11.6. The van der Waals surface area contributed by atoms with Crippen LogP contribution in [0.15, 0.2) is 12.5 Å². The van der Waals surface area contributed by atoms with Crippen molar-refractivity contribution >= 4 is 26.4 Å². The highest BCUT2D eigenvalue weighted by atomic mass is 32.2. The molecule has 2 rings (SSSR count). The van der Waals surface area contributed by atoms with Crippen LogP contribution in [0, 0.1) is 6.92 Å². The number of thiazole rings is 1. The Balaban J connectivity index is 2.20. The normalized spacial score (nSPS) is 12.7. The first-order valence-corrected chi connectivity index (χ1v) is 7.25. The van der Waals surface area contributed by atoms with Crippen molar-refractivity contribution in [2.45, 2.75) is 13.5 Å². The predicted molar refractivity (Wildman–Crippen MR) is 67.3 cm³/mol. The predicted octanol–water partition coefficient (Wildman–Crippen LogP) is 0.600. The maximum atomic E-state index is 11.6. The lowest BCUT2D eigenvalue weighted by molar-refractivity contribution is 0.505. The molecule has 0 aliphatic heterocycles. The van der Waals surface area contributed by atoms with E-state index in [-0.39, 0.29) is 0 Å². The molecule has 8 heteroatoms. The highest BCUT2D eigenvalue weighted by Crippen LogP contribution is 2.22. The van der Waals surface area contributed by atoms with Gasteiger partial charge in [-0.05, 0) is 6.92 Å². The first kappa shape index (κ1) is 12.5. The summed E-state index contributed by atoms with van der Waals surface area (Å²) in [5.41, 5.74) is 1.02. The van der Waals surface area contributed by atoms with Gasteiger partial charge in [0.1, 0.15) is 11.2 Å². The van der Waals surface area contributed by atoms with Gasteiger partial charge in [-0.3, -0.25) is 4.40 Å². The van der Waals surface area contributed by atoms with Crippen molar-refractivity contribution in [1.29, 1.82) is 0 Å². The van der Waals surface area contributed by atoms with Gasteiger partial charge in [-0.15, -0.1) is 11.3 Å². The maximum Gasteiger partial charge on any atom is 0.279 e. The third kappa shape index (κ3) is 2.34. The molecule has 2 heterocycles. The van der Waals surface area contributed by atoms with E-state index < -0.39 is 10.2 Å². The van der Waals surface area contributed by atoms with E-state index in [4.69, 9.17) is 0 Å². The summed E-state index contributed by atoms with van der Waals surface area (Å²) in [6.07, 6.45) is 3.49. The summed E-state index contributed by atoms with van der Waals surface area (Å²) in [6.45, 7) is 2.25. The summed E-state index contributed by atoms with van der Waals surface area (Å²) in [4.78, 5) is 6.04. The van der Waals surface area contributed by atoms with Crippen molar-refractivity contribution in [3.05, 3.63) is 23.1 Å². The van der Waals surface area contributed by atoms with Crippen LogP contribution >= 0.6 is 11.3 Å². The number of nitrogens with one attached hydrogen (secondary N) is 1. The number of nitrogens with zero attached hydrogens (tertiary/aromatic N) is 3. The number of aromatic nitrogens is 2. The molecule has 17 heavy (non-hydrogen) atoms. The lowest BCUT2D eigenvalue weighted by Crippen LogP contribution is -2.35. The molecule has 0 amide bonds. The van der Waals surface area contributed by atoms with Gasteiger partial charge >= 0.3 is 0 Å². The molecule has 0 unspecified atom stereocenters. The smallest absolute Gasteiger partial charge is 0.279 e. The Morgan fingerprint density at radius 1 is 1.53 bits per heavy atom. The zero-order valence-electron chi connectivity index (χ0n) is 9.84. The number of rotatable bonds is 4. The molecular formula is C9H14N4O2S2. The number of aryl methyl sites for hydroxylation is 1. The van der Waals surface area contributed by atoms with Gasteiger partial charge in [-0.1, -0.05) is 0 Å². The van der Waals surface area contributed by atoms with E-state index >= 15 is 0 Å². The van der Waals surface area contributed by atoms with Crippen LogP contribution in [0.3, 0.4) is 0 Å². The standard InChI is InChI=1S/C9H14N4O2S2/c1-7-8(4-11-17(14,15)12(2)3)16-9-5-10-6-13(7)9/h5-6,11H,4H2,1-3H3. The first-order valence-electron chi connectivity index (χ1n) is 4.99. The van der Waals surface area contributed by atoms with E-state index in [2.05, 4.69) is 9.71 Å². The second-order valence-corrected chi connectivity index (χ2v) is 6.91. The Labute approximate surface area is 104 Å². The van der Waals surface area contributed by atoms with E-state index in [0.29, 0.717) is 6.54 Å². The highest BCUT2D eigenvalue weighted by molar-refractivity contribution is 7.87. The summed E-state index contributed by atoms with van der Waals surface area (Å²) in [6, 6.07) is 0. The van der Waals surface area contributed by atoms with Crippen LogP contribution in [0.25, 0.3) is 4.83 Å². The van der Waals surface area contributed by atoms with Gasteiger partial charge in [0.25, 0.3) is 10.2 Å². The van der Waals surface area contributed by atoms with Crippen LogP contribution in [0.5, 0.6) is 0 Å². The minimum absolute atomic E-state index is 0.304. The zero-order valence-corrected chi connectivity index (χ0v) is 11.5. The molecule has 0 bridgehead atoms. The molecule has 0 radical (unpaired) electrons. The molecule has 0 fully saturated rings. The molecule has 0 saturated heterocycles. The summed E-state index contributed by atoms with van der Waals surface area (Å²) in [5, 5.41) is 0. The number of fused-ring (bicyclic) bond motifs is 1. The van der Waals surface area contributed by atoms with Gasteiger partial charge in [-0.25, -0.2) is 4.98 Å². The summed E-state index contributed by atoms with van der Waals surface area (Å²) >= 11 is 1.54. The van der Waals surface area contributed by atoms with Crippen LogP contribution in [0.1, 0.15) is 10.6 Å². The fraction of sp³-hybridized carbons (Fsp3) is 0.444. The molecule has 0 aromatic carbocycles. The van der Waals surface area contributed by atoms with Crippen LogP contribution in [-0.4, -0.2) is 36.2 Å². The molecular weight excluding hydrogens is 260 g/mol. The summed E-state index contributed by atoms with van der Waals surface area (Å²) < 4.78 is 28.8. The fourth-order valence-corrected chi connectivity index (χ4v) is 3.11. The van der Waals surface area contributed by atoms with E-state index in [1.807, 2.05) is 11.3 Å². The third-order valence-electron chi connectivity index (χ3n) is 2.49. The Morgan fingerprint density at radius 2 is 2.24 bits per heavy atom. The van der Waals surface area contributed by atoms with Crippen molar-refractivity contribution in [1.82, 2.24) is 18.4 Å². The quantitative estimate of drug-likeness (QED) is 0.888. The van der Waals surface area contributed by atoms with Crippen LogP contribution in [0.2, 0.25) is 0 Å². The Morgan fingerprint density at radius 3 is 2.82 bits per heavy atom. The fourth-order valence-electron chi connectivity index (χ4n) is 1.39. The largest absolute Gasteiger partial charge is 0.294 e. The SMILES string of the molecule is Cc1c(CNS(=O)(=O)N(C)C)sc2cncn12. The molecule has 0 aliphatic carbocycles. The van der Waals surface area contributed by atoms with Gasteiger partial charge in [0.05, 0.1) is 6.20 Å². The number of hydrogen-bond donors (Lipinski definition) is 1. The molecule has 94 valence electrons. The van der Waals surface area contributed by atoms with Gasteiger partial charge < -0.3 is 0 Å². The highest BCUT2D eigenvalue weighted by Gasteiger charge is 2.15. The van der Waals surface area contributed by atoms with Crippen LogP contribution < -0.4 is 4.72 Å². The molecule has 0 aliphatic rings. The molecule has 6 nitrogen and oxygen atoms in total. The molecule has 0 spiro atoms. The van der Waals surface area contributed by atoms with E-state index in [1.54, 1.807) is 12.5 Å². The molecule has 2 aromatic rings. The summed E-state index contributed by atoms with van der Waals surface area (Å²) in [5.74, 6) is 0. The van der Waals surface area contributed by atoms with Crippen molar-refractivity contribution in [3.63, 3.8) is 0 Å². The monoisotopic (exact) mass is 274 g/mol.